The van der Waals surface area contributed by atoms with Crippen molar-refractivity contribution in [3.63, 3.8) is 0 Å². The Morgan fingerprint density at radius 3 is 2.51 bits per heavy atom. The van der Waals surface area contributed by atoms with E-state index in [9.17, 15) is 9.90 Å². The number of piperazine rings is 1. The van der Waals surface area contributed by atoms with Crippen LogP contribution in [0.2, 0.25) is 0 Å². The van der Waals surface area contributed by atoms with Crippen molar-refractivity contribution in [3.8, 4) is 11.3 Å². The molecule has 8 heteroatoms. The molecule has 0 spiro atoms. The number of imidazole rings is 1. The molecule has 3 atom stereocenters. The average molecular weight is 580 g/mol. The molecular weight excluding hydrogens is 538 g/mol. The summed E-state index contributed by atoms with van der Waals surface area (Å²) in [4.78, 5) is 28.1. The van der Waals surface area contributed by atoms with Crippen LogP contribution >= 0.6 is 0 Å². The Kier molecular flexibility index (Phi) is 8.98. The Labute approximate surface area is 254 Å². The van der Waals surface area contributed by atoms with E-state index in [1.807, 2.05) is 58.1 Å². The number of aromatic nitrogens is 3. The first-order chi connectivity index (χ1) is 21.1. The van der Waals surface area contributed by atoms with Gasteiger partial charge >= 0.3 is 0 Å². The summed E-state index contributed by atoms with van der Waals surface area (Å²) in [7, 11) is 1.63. The smallest absolute Gasteiger partial charge is 0.275 e. The van der Waals surface area contributed by atoms with Gasteiger partial charge in [-0.3, -0.25) is 14.7 Å². The fraction of sp³-hybridized carbons (Fsp3) is 0.400. The van der Waals surface area contributed by atoms with Crippen molar-refractivity contribution in [2.45, 2.75) is 56.3 Å². The Morgan fingerprint density at radius 2 is 1.77 bits per heavy atom. The summed E-state index contributed by atoms with van der Waals surface area (Å²) >= 11 is 0. The molecule has 224 valence electrons. The number of pyridine rings is 1. The van der Waals surface area contributed by atoms with Crippen LogP contribution in [0.15, 0.2) is 91.5 Å². The van der Waals surface area contributed by atoms with Crippen LogP contribution in [0.25, 0.3) is 11.3 Å². The number of hydrogen-bond acceptors (Lipinski definition) is 6. The van der Waals surface area contributed by atoms with Crippen molar-refractivity contribution in [1.82, 2.24) is 24.3 Å². The van der Waals surface area contributed by atoms with E-state index < -0.39 is 5.60 Å². The lowest BCUT2D eigenvalue weighted by Gasteiger charge is -2.42. The second-order valence-electron chi connectivity index (χ2n) is 12.0. The maximum atomic E-state index is 14.6. The lowest BCUT2D eigenvalue weighted by molar-refractivity contribution is -0.0893. The fourth-order valence-corrected chi connectivity index (χ4v) is 6.93. The molecule has 4 aromatic rings. The van der Waals surface area contributed by atoms with Gasteiger partial charge in [-0.25, -0.2) is 4.98 Å². The molecule has 1 aliphatic heterocycles. The van der Waals surface area contributed by atoms with Crippen LogP contribution in [0.5, 0.6) is 0 Å². The highest BCUT2D eigenvalue weighted by molar-refractivity contribution is 5.98. The van der Waals surface area contributed by atoms with Crippen molar-refractivity contribution >= 4 is 5.91 Å². The van der Waals surface area contributed by atoms with E-state index in [-0.39, 0.29) is 24.6 Å². The number of nitrogens with zero attached hydrogens (tertiary/aromatic N) is 5. The molecule has 0 radical (unpaired) electrons. The zero-order valence-electron chi connectivity index (χ0n) is 24.9. The third-order valence-corrected chi connectivity index (χ3v) is 9.00. The first kappa shape index (κ1) is 29.2. The second-order valence-corrected chi connectivity index (χ2v) is 12.0. The highest BCUT2D eigenvalue weighted by Crippen LogP contribution is 2.41. The van der Waals surface area contributed by atoms with Crippen LogP contribution in [-0.2, 0) is 17.7 Å². The minimum Gasteiger partial charge on any atom is -0.385 e. The van der Waals surface area contributed by atoms with Crippen LogP contribution in [0.3, 0.4) is 0 Å². The van der Waals surface area contributed by atoms with Crippen LogP contribution in [0.4, 0.5) is 0 Å². The average Bonchev–Trinajstić information content (AvgIpc) is 3.47. The number of rotatable bonds is 9. The summed E-state index contributed by atoms with van der Waals surface area (Å²) in [6.07, 6.45) is 9.54. The number of aliphatic hydroxyl groups is 1. The van der Waals surface area contributed by atoms with Crippen molar-refractivity contribution in [1.29, 1.82) is 0 Å². The Bertz CT molecular complexity index is 1480. The van der Waals surface area contributed by atoms with E-state index in [4.69, 9.17) is 9.72 Å². The van der Waals surface area contributed by atoms with E-state index in [0.29, 0.717) is 25.1 Å². The number of amides is 1. The van der Waals surface area contributed by atoms with Gasteiger partial charge in [-0.2, -0.15) is 0 Å². The second kappa shape index (κ2) is 13.2. The minimum atomic E-state index is -1.02. The lowest BCUT2D eigenvalue weighted by atomic mass is 9.80. The molecule has 3 heterocycles. The quantitative estimate of drug-likeness (QED) is 0.300. The van der Waals surface area contributed by atoms with Gasteiger partial charge in [0.25, 0.3) is 5.91 Å². The van der Waals surface area contributed by atoms with Crippen molar-refractivity contribution < 1.29 is 14.6 Å². The van der Waals surface area contributed by atoms with Crippen LogP contribution in [0.1, 0.15) is 53.3 Å². The highest BCUT2D eigenvalue weighted by Gasteiger charge is 2.42. The molecular formula is C35H41N5O3. The van der Waals surface area contributed by atoms with Gasteiger partial charge in [0.2, 0.25) is 0 Å². The van der Waals surface area contributed by atoms with Crippen molar-refractivity contribution in [3.05, 3.63) is 108 Å². The number of methoxy groups -OCH3 is 1. The molecule has 0 unspecified atom stereocenters. The molecule has 2 fully saturated rings. The predicted octanol–water partition coefficient (Wildman–Crippen LogP) is 5.01. The zero-order chi connectivity index (χ0) is 29.6. The summed E-state index contributed by atoms with van der Waals surface area (Å²) in [5, 5.41) is 11.7. The standard InChI is InChI=1S/C35H41N5O3/c1-43-25-35(42)17-9-8-16-31(35)40-26-37-32(33(40)29-14-6-3-7-15-29)34(41)39-20-19-38(23-27-11-4-2-5-12-27)24-30(39)21-28-13-10-18-36-22-28/h2-7,10-15,18,22,26,30-31,42H,8-9,16-17,19-21,23-25H2,1H3/t30-,31-,35-/m1/s1. The first-order valence-corrected chi connectivity index (χ1v) is 15.4. The monoisotopic (exact) mass is 579 g/mol. The highest BCUT2D eigenvalue weighted by atomic mass is 16.5. The van der Waals surface area contributed by atoms with Crippen molar-refractivity contribution in [2.24, 2.45) is 0 Å². The summed E-state index contributed by atoms with van der Waals surface area (Å²) in [6.45, 7) is 3.23. The number of hydrogen-bond donors (Lipinski definition) is 1. The third kappa shape index (κ3) is 6.42. The largest absolute Gasteiger partial charge is 0.385 e. The summed E-state index contributed by atoms with van der Waals surface area (Å²) in [6, 6.07) is 24.2. The van der Waals surface area contributed by atoms with Gasteiger partial charge in [-0.15, -0.1) is 0 Å². The molecule has 1 aliphatic carbocycles. The summed E-state index contributed by atoms with van der Waals surface area (Å²) in [5.74, 6) is -0.0723. The third-order valence-electron chi connectivity index (χ3n) is 9.00. The van der Waals surface area contributed by atoms with Crippen LogP contribution < -0.4 is 0 Å². The van der Waals surface area contributed by atoms with Crippen LogP contribution in [-0.4, -0.2) is 80.3 Å². The molecule has 0 bridgehead atoms. The number of benzene rings is 2. The van der Waals surface area contributed by atoms with Gasteiger partial charge in [0, 0.05) is 57.3 Å². The minimum absolute atomic E-state index is 0.0389. The molecule has 1 N–H and O–H groups in total. The van der Waals surface area contributed by atoms with E-state index in [1.54, 1.807) is 19.6 Å². The SMILES string of the molecule is COC[C@]1(O)CCCC[C@H]1n1cnc(C(=O)N2CCN(Cc3ccccc3)C[C@H]2Cc2cccnc2)c1-c1ccccc1. The van der Waals surface area contributed by atoms with E-state index in [0.717, 1.165) is 55.7 Å². The molecule has 2 aliphatic rings. The molecule has 1 saturated heterocycles. The molecule has 8 nitrogen and oxygen atoms in total. The zero-order valence-corrected chi connectivity index (χ0v) is 24.9. The van der Waals surface area contributed by atoms with E-state index in [1.165, 1.54) is 5.56 Å². The van der Waals surface area contributed by atoms with Gasteiger partial charge < -0.3 is 19.3 Å². The topological polar surface area (TPSA) is 83.7 Å². The Morgan fingerprint density at radius 1 is 1.00 bits per heavy atom. The maximum Gasteiger partial charge on any atom is 0.275 e. The molecule has 1 saturated carbocycles. The van der Waals surface area contributed by atoms with Gasteiger partial charge in [0.15, 0.2) is 5.69 Å². The normalized spacial score (nSPS) is 22.9. The molecule has 2 aromatic carbocycles. The number of ether oxygens (including phenoxy) is 1. The lowest BCUT2D eigenvalue weighted by Crippen LogP contribution is -2.55. The fourth-order valence-electron chi connectivity index (χ4n) is 6.93. The van der Waals surface area contributed by atoms with Gasteiger partial charge in [-0.1, -0.05) is 79.6 Å². The first-order valence-electron chi connectivity index (χ1n) is 15.4. The maximum absolute atomic E-state index is 14.6. The van der Waals surface area contributed by atoms with E-state index in [2.05, 4.69) is 40.2 Å². The van der Waals surface area contributed by atoms with Crippen molar-refractivity contribution in [2.75, 3.05) is 33.4 Å². The molecule has 2 aromatic heterocycles. The van der Waals surface area contributed by atoms with Crippen LogP contribution in [0, 0.1) is 0 Å². The Balaban J connectivity index is 1.35. The van der Waals surface area contributed by atoms with E-state index >= 15 is 0 Å². The molecule has 1 amide bonds. The summed E-state index contributed by atoms with van der Waals surface area (Å²) < 4.78 is 7.53. The molecule has 6 rings (SSSR count). The molecule has 43 heavy (non-hydrogen) atoms. The number of carbonyl (C=O) groups is 1. The predicted molar refractivity (Wildman–Crippen MR) is 166 cm³/mol. The van der Waals surface area contributed by atoms with Gasteiger partial charge in [0.1, 0.15) is 5.60 Å². The van der Waals surface area contributed by atoms with Gasteiger partial charge in [0.05, 0.1) is 24.7 Å². The van der Waals surface area contributed by atoms with Gasteiger partial charge in [-0.05, 0) is 36.5 Å². The Hall–Kier alpha value is -3.85. The number of carbonyl (C=O) groups excluding carboxylic acids is 1. The summed E-state index contributed by atoms with van der Waals surface area (Å²) in [5.41, 5.74) is 3.46.